The third-order valence-corrected chi connectivity index (χ3v) is 4.21. The number of nitrogens with one attached hydrogen (secondary N) is 1. The summed E-state index contributed by atoms with van der Waals surface area (Å²) in [5.74, 6) is 0.831. The van der Waals surface area contributed by atoms with Crippen molar-refractivity contribution in [1.82, 2.24) is 15.1 Å². The van der Waals surface area contributed by atoms with E-state index in [0.29, 0.717) is 0 Å². The van der Waals surface area contributed by atoms with Gasteiger partial charge in [-0.1, -0.05) is 24.3 Å². The zero-order chi connectivity index (χ0) is 14.7. The number of aryl methyl sites for hydroxylation is 3. The van der Waals surface area contributed by atoms with E-state index in [1.165, 1.54) is 24.1 Å². The van der Waals surface area contributed by atoms with E-state index in [0.717, 1.165) is 37.7 Å². The van der Waals surface area contributed by atoms with Gasteiger partial charge in [0.2, 0.25) is 0 Å². The SMILES string of the molecule is Cc1cc(C)n(CCCNCc2ccccc2C2CC2)n1. The molecule has 21 heavy (non-hydrogen) atoms. The van der Waals surface area contributed by atoms with Crippen LogP contribution in [-0.4, -0.2) is 16.3 Å². The lowest BCUT2D eigenvalue weighted by molar-refractivity contribution is 0.531. The Morgan fingerprint density at radius 3 is 2.76 bits per heavy atom. The van der Waals surface area contributed by atoms with E-state index in [-0.39, 0.29) is 0 Å². The predicted molar refractivity (Wildman–Crippen MR) is 86.4 cm³/mol. The Morgan fingerprint density at radius 1 is 1.24 bits per heavy atom. The molecule has 0 amide bonds. The topological polar surface area (TPSA) is 29.9 Å². The Labute approximate surface area is 127 Å². The van der Waals surface area contributed by atoms with E-state index in [9.17, 15) is 0 Å². The smallest absolute Gasteiger partial charge is 0.0596 e. The molecule has 3 nitrogen and oxygen atoms in total. The molecular formula is C18H25N3. The van der Waals surface area contributed by atoms with E-state index < -0.39 is 0 Å². The molecule has 0 unspecified atom stereocenters. The Kier molecular flexibility index (Phi) is 4.39. The fourth-order valence-corrected chi connectivity index (χ4v) is 2.97. The third kappa shape index (κ3) is 3.73. The van der Waals surface area contributed by atoms with Crippen LogP contribution in [0.3, 0.4) is 0 Å². The second-order valence-electron chi connectivity index (χ2n) is 6.15. The Bertz CT molecular complexity index is 596. The summed E-state index contributed by atoms with van der Waals surface area (Å²) in [7, 11) is 0. The fraction of sp³-hybridized carbons (Fsp3) is 0.500. The Morgan fingerprint density at radius 2 is 2.05 bits per heavy atom. The molecule has 0 atom stereocenters. The van der Waals surface area contributed by atoms with Crippen molar-refractivity contribution in [3.63, 3.8) is 0 Å². The van der Waals surface area contributed by atoms with Crippen molar-refractivity contribution >= 4 is 0 Å². The highest BCUT2D eigenvalue weighted by Gasteiger charge is 2.25. The van der Waals surface area contributed by atoms with E-state index in [1.807, 2.05) is 0 Å². The summed E-state index contributed by atoms with van der Waals surface area (Å²) in [5.41, 5.74) is 5.40. The van der Waals surface area contributed by atoms with Crippen molar-refractivity contribution in [3.8, 4) is 0 Å². The molecular weight excluding hydrogens is 258 g/mol. The average molecular weight is 283 g/mol. The van der Waals surface area contributed by atoms with Crippen molar-refractivity contribution in [2.45, 2.75) is 52.1 Å². The van der Waals surface area contributed by atoms with Gasteiger partial charge in [0, 0.05) is 18.8 Å². The maximum Gasteiger partial charge on any atom is 0.0596 e. The van der Waals surface area contributed by atoms with Gasteiger partial charge in [-0.15, -0.1) is 0 Å². The second kappa shape index (κ2) is 6.44. The lowest BCUT2D eigenvalue weighted by Crippen LogP contribution is -2.18. The zero-order valence-electron chi connectivity index (χ0n) is 13.1. The zero-order valence-corrected chi connectivity index (χ0v) is 13.1. The van der Waals surface area contributed by atoms with Gasteiger partial charge >= 0.3 is 0 Å². The van der Waals surface area contributed by atoms with Crippen LogP contribution < -0.4 is 5.32 Å². The summed E-state index contributed by atoms with van der Waals surface area (Å²) in [5, 5.41) is 8.08. The molecule has 1 aliphatic carbocycles. The number of aromatic nitrogens is 2. The van der Waals surface area contributed by atoms with Crippen LogP contribution in [0, 0.1) is 13.8 Å². The normalized spacial score (nSPS) is 14.6. The number of hydrogen-bond acceptors (Lipinski definition) is 2. The first-order chi connectivity index (χ1) is 10.2. The maximum absolute atomic E-state index is 4.50. The fourth-order valence-electron chi connectivity index (χ4n) is 2.97. The molecule has 0 bridgehead atoms. The first-order valence-electron chi connectivity index (χ1n) is 8.03. The van der Waals surface area contributed by atoms with Crippen molar-refractivity contribution in [3.05, 3.63) is 52.8 Å². The monoisotopic (exact) mass is 283 g/mol. The van der Waals surface area contributed by atoms with Crippen LogP contribution in [0.2, 0.25) is 0 Å². The second-order valence-corrected chi connectivity index (χ2v) is 6.15. The van der Waals surface area contributed by atoms with Crippen LogP contribution in [-0.2, 0) is 13.1 Å². The molecule has 0 spiro atoms. The van der Waals surface area contributed by atoms with Gasteiger partial charge in [-0.3, -0.25) is 4.68 Å². The average Bonchev–Trinajstić information content (AvgIpc) is 3.25. The van der Waals surface area contributed by atoms with Gasteiger partial charge in [0.15, 0.2) is 0 Å². The summed E-state index contributed by atoms with van der Waals surface area (Å²) in [4.78, 5) is 0. The molecule has 3 heteroatoms. The highest BCUT2D eigenvalue weighted by molar-refractivity contribution is 5.33. The number of hydrogen-bond donors (Lipinski definition) is 1. The minimum Gasteiger partial charge on any atom is -0.313 e. The summed E-state index contributed by atoms with van der Waals surface area (Å²) < 4.78 is 2.11. The molecule has 1 saturated carbocycles. The van der Waals surface area contributed by atoms with E-state index in [1.54, 1.807) is 5.56 Å². The molecule has 112 valence electrons. The Balaban J connectivity index is 1.43. The molecule has 2 aromatic rings. The van der Waals surface area contributed by atoms with Crippen LogP contribution in [0.4, 0.5) is 0 Å². The highest BCUT2D eigenvalue weighted by atomic mass is 15.3. The van der Waals surface area contributed by atoms with Crippen molar-refractivity contribution in [1.29, 1.82) is 0 Å². The van der Waals surface area contributed by atoms with Gasteiger partial charge in [0.1, 0.15) is 0 Å². The van der Waals surface area contributed by atoms with Gasteiger partial charge < -0.3 is 5.32 Å². The molecule has 0 radical (unpaired) electrons. The quantitative estimate of drug-likeness (QED) is 0.787. The molecule has 1 fully saturated rings. The van der Waals surface area contributed by atoms with Crippen LogP contribution in [0.25, 0.3) is 0 Å². The maximum atomic E-state index is 4.50. The van der Waals surface area contributed by atoms with Gasteiger partial charge in [-0.05, 0) is 62.8 Å². The third-order valence-electron chi connectivity index (χ3n) is 4.21. The Hall–Kier alpha value is -1.61. The lowest BCUT2D eigenvalue weighted by Gasteiger charge is -2.10. The molecule has 3 rings (SSSR count). The van der Waals surface area contributed by atoms with Crippen LogP contribution in [0.1, 0.15) is 47.7 Å². The molecule has 1 aliphatic rings. The minimum atomic E-state index is 0.831. The van der Waals surface area contributed by atoms with Crippen molar-refractivity contribution < 1.29 is 0 Å². The molecule has 1 heterocycles. The first-order valence-corrected chi connectivity index (χ1v) is 8.03. The minimum absolute atomic E-state index is 0.831. The van der Waals surface area contributed by atoms with E-state index in [2.05, 4.69) is 59.3 Å². The van der Waals surface area contributed by atoms with Crippen LogP contribution >= 0.6 is 0 Å². The number of benzene rings is 1. The summed E-state index contributed by atoms with van der Waals surface area (Å²) in [6, 6.07) is 11.0. The van der Waals surface area contributed by atoms with Gasteiger partial charge in [-0.2, -0.15) is 5.10 Å². The van der Waals surface area contributed by atoms with Gasteiger partial charge in [0.25, 0.3) is 0 Å². The predicted octanol–water partition coefficient (Wildman–Crippen LogP) is 3.56. The number of rotatable bonds is 7. The van der Waals surface area contributed by atoms with Crippen molar-refractivity contribution in [2.75, 3.05) is 6.54 Å². The first kappa shape index (κ1) is 14.3. The standard InChI is InChI=1S/C18H25N3/c1-14-12-15(2)21(20-14)11-5-10-19-13-17-6-3-4-7-18(17)16-8-9-16/h3-4,6-7,12,16,19H,5,8-11,13H2,1-2H3. The van der Waals surface area contributed by atoms with Crippen LogP contribution in [0.5, 0.6) is 0 Å². The van der Waals surface area contributed by atoms with Crippen LogP contribution in [0.15, 0.2) is 30.3 Å². The van der Waals surface area contributed by atoms with Gasteiger partial charge in [0.05, 0.1) is 5.69 Å². The largest absolute Gasteiger partial charge is 0.313 e. The lowest BCUT2D eigenvalue weighted by atomic mass is 10.0. The summed E-state index contributed by atoms with van der Waals surface area (Å²) >= 11 is 0. The molecule has 1 aromatic carbocycles. The molecule has 1 N–H and O–H groups in total. The number of nitrogens with zero attached hydrogens (tertiary/aromatic N) is 2. The summed E-state index contributed by atoms with van der Waals surface area (Å²) in [6.07, 6.45) is 3.86. The van der Waals surface area contributed by atoms with E-state index >= 15 is 0 Å². The summed E-state index contributed by atoms with van der Waals surface area (Å²) in [6.45, 7) is 7.20. The highest BCUT2D eigenvalue weighted by Crippen LogP contribution is 2.41. The van der Waals surface area contributed by atoms with Crippen molar-refractivity contribution in [2.24, 2.45) is 0 Å². The molecule has 1 aromatic heterocycles. The molecule has 0 aliphatic heterocycles. The molecule has 0 saturated heterocycles. The van der Waals surface area contributed by atoms with E-state index in [4.69, 9.17) is 0 Å². The van der Waals surface area contributed by atoms with Gasteiger partial charge in [-0.25, -0.2) is 0 Å².